The molecule has 2 N–H and O–H groups in total. The summed E-state index contributed by atoms with van der Waals surface area (Å²) in [7, 11) is 1.69. The SMILES string of the molecule is C=CCC(N)(c1ccc(OC)cc1)C(C)N1CCCCC1. The molecule has 0 aliphatic carbocycles. The number of hydrogen-bond donors (Lipinski definition) is 1. The Kier molecular flexibility index (Phi) is 5.43. The number of rotatable bonds is 6. The predicted octanol–water partition coefficient (Wildman–Crippen LogP) is 3.30. The van der Waals surface area contributed by atoms with Crippen molar-refractivity contribution in [3.05, 3.63) is 42.5 Å². The molecule has 2 rings (SSSR count). The van der Waals surface area contributed by atoms with Gasteiger partial charge in [-0.15, -0.1) is 6.58 Å². The lowest BCUT2D eigenvalue weighted by atomic mass is 9.80. The zero-order valence-corrected chi connectivity index (χ0v) is 13.3. The molecule has 2 unspecified atom stereocenters. The Morgan fingerprint density at radius 2 is 1.90 bits per heavy atom. The maximum atomic E-state index is 6.84. The van der Waals surface area contributed by atoms with Gasteiger partial charge in [-0.2, -0.15) is 0 Å². The molecular weight excluding hydrogens is 260 g/mol. The van der Waals surface area contributed by atoms with E-state index < -0.39 is 5.54 Å². The molecule has 1 heterocycles. The summed E-state index contributed by atoms with van der Waals surface area (Å²) in [5.41, 5.74) is 7.60. The van der Waals surface area contributed by atoms with E-state index in [2.05, 4.69) is 30.5 Å². The lowest BCUT2D eigenvalue weighted by molar-refractivity contribution is 0.109. The average Bonchev–Trinajstić information content (AvgIpc) is 2.55. The monoisotopic (exact) mass is 288 g/mol. The zero-order chi connectivity index (χ0) is 15.3. The molecule has 0 spiro atoms. The van der Waals surface area contributed by atoms with E-state index in [9.17, 15) is 0 Å². The van der Waals surface area contributed by atoms with Crippen LogP contribution in [0.3, 0.4) is 0 Å². The number of benzene rings is 1. The van der Waals surface area contributed by atoms with Crippen LogP contribution in [-0.2, 0) is 5.54 Å². The molecule has 21 heavy (non-hydrogen) atoms. The van der Waals surface area contributed by atoms with Crippen molar-refractivity contribution in [2.24, 2.45) is 5.73 Å². The summed E-state index contributed by atoms with van der Waals surface area (Å²) in [5.74, 6) is 0.866. The van der Waals surface area contributed by atoms with Gasteiger partial charge in [-0.1, -0.05) is 24.6 Å². The first-order chi connectivity index (χ1) is 10.1. The summed E-state index contributed by atoms with van der Waals surface area (Å²) in [6.07, 6.45) is 6.60. The summed E-state index contributed by atoms with van der Waals surface area (Å²) >= 11 is 0. The van der Waals surface area contributed by atoms with Crippen molar-refractivity contribution in [1.82, 2.24) is 4.90 Å². The molecular formula is C18H28N2O. The molecule has 0 amide bonds. The predicted molar refractivity (Wildman–Crippen MR) is 88.6 cm³/mol. The van der Waals surface area contributed by atoms with Crippen LogP contribution in [0.4, 0.5) is 0 Å². The van der Waals surface area contributed by atoms with Crippen LogP contribution >= 0.6 is 0 Å². The molecule has 3 nitrogen and oxygen atoms in total. The van der Waals surface area contributed by atoms with Gasteiger partial charge in [0, 0.05) is 6.04 Å². The normalized spacial score (nSPS) is 20.5. The summed E-state index contributed by atoms with van der Waals surface area (Å²) in [6.45, 7) is 8.45. The summed E-state index contributed by atoms with van der Waals surface area (Å²) in [6, 6.07) is 8.45. The Morgan fingerprint density at radius 3 is 2.43 bits per heavy atom. The van der Waals surface area contributed by atoms with Crippen LogP contribution < -0.4 is 10.5 Å². The first kappa shape index (κ1) is 16.1. The van der Waals surface area contributed by atoms with Crippen molar-refractivity contribution in [2.45, 2.75) is 44.2 Å². The molecule has 116 valence electrons. The smallest absolute Gasteiger partial charge is 0.118 e. The van der Waals surface area contributed by atoms with Crippen molar-refractivity contribution >= 4 is 0 Å². The molecule has 1 aliphatic rings. The maximum absolute atomic E-state index is 6.84. The number of nitrogens with two attached hydrogens (primary N) is 1. The molecule has 1 fully saturated rings. The van der Waals surface area contributed by atoms with Gasteiger partial charge in [0.1, 0.15) is 5.75 Å². The van der Waals surface area contributed by atoms with E-state index in [1.807, 2.05) is 18.2 Å². The number of methoxy groups -OCH3 is 1. The van der Waals surface area contributed by atoms with Gasteiger partial charge in [0.05, 0.1) is 12.6 Å². The third-order valence-electron chi connectivity index (χ3n) is 4.79. The Balaban J connectivity index is 2.26. The number of nitrogens with zero attached hydrogens (tertiary/aromatic N) is 1. The largest absolute Gasteiger partial charge is 0.497 e. The van der Waals surface area contributed by atoms with Crippen LogP contribution in [0.15, 0.2) is 36.9 Å². The molecule has 0 radical (unpaired) electrons. The summed E-state index contributed by atoms with van der Waals surface area (Å²) < 4.78 is 5.25. The molecule has 0 aromatic heterocycles. The topological polar surface area (TPSA) is 38.5 Å². The molecule has 1 aliphatic heterocycles. The third-order valence-corrected chi connectivity index (χ3v) is 4.79. The second-order valence-corrected chi connectivity index (χ2v) is 6.03. The van der Waals surface area contributed by atoms with Gasteiger partial charge in [-0.3, -0.25) is 4.90 Å². The van der Waals surface area contributed by atoms with Gasteiger partial charge in [-0.05, 0) is 57.0 Å². The number of hydrogen-bond acceptors (Lipinski definition) is 3. The fourth-order valence-electron chi connectivity index (χ4n) is 3.30. The van der Waals surface area contributed by atoms with Crippen LogP contribution in [0.25, 0.3) is 0 Å². The fraction of sp³-hybridized carbons (Fsp3) is 0.556. The van der Waals surface area contributed by atoms with Gasteiger partial charge in [0.25, 0.3) is 0 Å². The lowest BCUT2D eigenvalue weighted by Crippen LogP contribution is -2.55. The van der Waals surface area contributed by atoms with Gasteiger partial charge in [0.2, 0.25) is 0 Å². The van der Waals surface area contributed by atoms with Crippen molar-refractivity contribution in [3.8, 4) is 5.75 Å². The minimum Gasteiger partial charge on any atom is -0.497 e. The molecule has 3 heteroatoms. The van der Waals surface area contributed by atoms with Gasteiger partial charge < -0.3 is 10.5 Å². The Bertz CT molecular complexity index is 451. The van der Waals surface area contributed by atoms with Crippen LogP contribution in [0.1, 0.15) is 38.2 Å². The van der Waals surface area contributed by atoms with Crippen LogP contribution in [0.2, 0.25) is 0 Å². The van der Waals surface area contributed by atoms with Crippen molar-refractivity contribution in [3.63, 3.8) is 0 Å². The highest BCUT2D eigenvalue weighted by atomic mass is 16.5. The first-order valence-electron chi connectivity index (χ1n) is 7.90. The van der Waals surface area contributed by atoms with Gasteiger partial charge in [0.15, 0.2) is 0 Å². The minimum atomic E-state index is -0.397. The van der Waals surface area contributed by atoms with E-state index in [-0.39, 0.29) is 0 Å². The fourth-order valence-corrected chi connectivity index (χ4v) is 3.30. The van der Waals surface area contributed by atoms with E-state index in [0.717, 1.165) is 30.8 Å². The van der Waals surface area contributed by atoms with Crippen LogP contribution in [0.5, 0.6) is 5.75 Å². The van der Waals surface area contributed by atoms with Crippen molar-refractivity contribution in [2.75, 3.05) is 20.2 Å². The molecule has 1 saturated heterocycles. The maximum Gasteiger partial charge on any atom is 0.118 e. The lowest BCUT2D eigenvalue weighted by Gasteiger charge is -2.43. The van der Waals surface area contributed by atoms with E-state index in [1.54, 1.807) is 7.11 Å². The number of likely N-dealkylation sites (tertiary alicyclic amines) is 1. The minimum absolute atomic E-state index is 0.296. The zero-order valence-electron chi connectivity index (χ0n) is 13.3. The molecule has 1 aromatic rings. The van der Waals surface area contributed by atoms with Crippen LogP contribution in [0, 0.1) is 0 Å². The highest BCUT2D eigenvalue weighted by Gasteiger charge is 2.36. The van der Waals surface area contributed by atoms with E-state index >= 15 is 0 Å². The molecule has 2 atom stereocenters. The van der Waals surface area contributed by atoms with Crippen molar-refractivity contribution < 1.29 is 4.74 Å². The quantitative estimate of drug-likeness (QED) is 0.816. The van der Waals surface area contributed by atoms with Gasteiger partial charge in [-0.25, -0.2) is 0 Å². The van der Waals surface area contributed by atoms with Crippen molar-refractivity contribution in [1.29, 1.82) is 0 Å². The molecule has 1 aromatic carbocycles. The highest BCUT2D eigenvalue weighted by molar-refractivity contribution is 5.33. The number of ether oxygens (including phenoxy) is 1. The average molecular weight is 288 g/mol. The number of piperidine rings is 1. The third kappa shape index (κ3) is 3.47. The summed E-state index contributed by atoms with van der Waals surface area (Å²) in [4.78, 5) is 2.53. The van der Waals surface area contributed by atoms with E-state index in [0.29, 0.717) is 6.04 Å². The van der Waals surface area contributed by atoms with Gasteiger partial charge >= 0.3 is 0 Å². The Labute approximate surface area is 128 Å². The Hall–Kier alpha value is -1.32. The Morgan fingerprint density at radius 1 is 1.29 bits per heavy atom. The van der Waals surface area contributed by atoms with E-state index in [1.165, 1.54) is 19.3 Å². The summed E-state index contributed by atoms with van der Waals surface area (Å²) in [5, 5.41) is 0. The standard InChI is InChI=1S/C18H28N2O/c1-4-12-18(19,15(2)20-13-6-5-7-14-20)16-8-10-17(21-3)11-9-16/h4,8-11,15H,1,5-7,12-14,19H2,2-3H3. The van der Waals surface area contributed by atoms with Crippen LogP contribution in [-0.4, -0.2) is 31.1 Å². The second-order valence-electron chi connectivity index (χ2n) is 6.03. The molecule has 0 saturated carbocycles. The first-order valence-corrected chi connectivity index (χ1v) is 7.90. The van der Waals surface area contributed by atoms with E-state index in [4.69, 9.17) is 10.5 Å². The molecule has 0 bridgehead atoms. The second kappa shape index (κ2) is 7.10. The highest BCUT2D eigenvalue weighted by Crippen LogP contribution is 2.32.